The normalized spacial score (nSPS) is 19.2. The average molecular weight is 264 g/mol. The molecule has 0 radical (unpaired) electrons. The summed E-state index contributed by atoms with van der Waals surface area (Å²) in [5.74, 6) is 1.84. The molecule has 0 bridgehead atoms. The van der Waals surface area contributed by atoms with Crippen LogP contribution in [0.4, 0.5) is 0 Å². The van der Waals surface area contributed by atoms with Crippen molar-refractivity contribution in [1.29, 1.82) is 0 Å². The molecule has 0 saturated carbocycles. The summed E-state index contributed by atoms with van der Waals surface area (Å²) in [7, 11) is 3.65. The van der Waals surface area contributed by atoms with Crippen molar-refractivity contribution in [3.8, 4) is 0 Å². The van der Waals surface area contributed by atoms with Gasteiger partial charge < -0.3 is 15.1 Å². The highest BCUT2D eigenvalue weighted by molar-refractivity contribution is 5.79. The first-order chi connectivity index (χ1) is 9.35. The lowest BCUT2D eigenvalue weighted by molar-refractivity contribution is 0.146. The number of aliphatic imine (C=N–C) groups is 1. The fraction of sp³-hybridized carbons (Fsp3) is 0.643. The largest absolute Gasteiger partial charge is 0.468 e. The van der Waals surface area contributed by atoms with E-state index in [-0.39, 0.29) is 6.04 Å². The molecule has 106 valence electrons. The Labute approximate surface area is 115 Å². The molecule has 0 aromatic carbocycles. The lowest BCUT2D eigenvalue weighted by Gasteiger charge is -2.33. The Hall–Kier alpha value is -1.49. The van der Waals surface area contributed by atoms with Crippen molar-refractivity contribution in [3.05, 3.63) is 24.2 Å². The van der Waals surface area contributed by atoms with Gasteiger partial charge in [0.2, 0.25) is 0 Å². The van der Waals surface area contributed by atoms with Gasteiger partial charge in [-0.2, -0.15) is 0 Å². The maximum atomic E-state index is 5.61. The van der Waals surface area contributed by atoms with Crippen molar-refractivity contribution in [2.24, 2.45) is 4.99 Å². The molecule has 5 nitrogen and oxygen atoms in total. The number of rotatable bonds is 4. The van der Waals surface area contributed by atoms with Gasteiger partial charge in [0.1, 0.15) is 5.76 Å². The Morgan fingerprint density at radius 3 is 2.79 bits per heavy atom. The zero-order valence-corrected chi connectivity index (χ0v) is 11.9. The van der Waals surface area contributed by atoms with Crippen molar-refractivity contribution < 1.29 is 4.42 Å². The number of nitrogens with one attached hydrogen (secondary N) is 2. The molecule has 2 N–H and O–H groups in total. The van der Waals surface area contributed by atoms with E-state index in [4.69, 9.17) is 4.42 Å². The Kier molecular flexibility index (Phi) is 5.27. The molecular weight excluding hydrogens is 240 g/mol. The van der Waals surface area contributed by atoms with E-state index in [9.17, 15) is 0 Å². The number of piperidine rings is 1. The van der Waals surface area contributed by atoms with E-state index in [0.717, 1.165) is 31.4 Å². The summed E-state index contributed by atoms with van der Waals surface area (Å²) in [5.41, 5.74) is 0. The van der Waals surface area contributed by atoms with Crippen LogP contribution in [-0.2, 0) is 0 Å². The van der Waals surface area contributed by atoms with Crippen LogP contribution in [0.3, 0.4) is 0 Å². The highest BCUT2D eigenvalue weighted by atomic mass is 16.3. The molecule has 19 heavy (non-hydrogen) atoms. The van der Waals surface area contributed by atoms with Gasteiger partial charge in [-0.1, -0.05) is 6.42 Å². The number of hydrogen-bond donors (Lipinski definition) is 2. The summed E-state index contributed by atoms with van der Waals surface area (Å²) in [6.45, 7) is 3.09. The van der Waals surface area contributed by atoms with Gasteiger partial charge in [-0.05, 0) is 38.1 Å². The number of likely N-dealkylation sites (tertiary alicyclic amines) is 1. The lowest BCUT2D eigenvalue weighted by atomic mass is 10.1. The summed E-state index contributed by atoms with van der Waals surface area (Å²) in [5, 5.41) is 6.39. The third kappa shape index (κ3) is 3.73. The predicted octanol–water partition coefficient (Wildman–Crippen LogP) is 1.60. The fourth-order valence-electron chi connectivity index (χ4n) is 2.59. The van der Waals surface area contributed by atoms with Crippen LogP contribution >= 0.6 is 0 Å². The Morgan fingerprint density at radius 1 is 1.42 bits per heavy atom. The van der Waals surface area contributed by atoms with Crippen LogP contribution < -0.4 is 10.6 Å². The van der Waals surface area contributed by atoms with Crippen LogP contribution in [0.5, 0.6) is 0 Å². The molecule has 0 aliphatic carbocycles. The van der Waals surface area contributed by atoms with E-state index in [1.165, 1.54) is 19.3 Å². The van der Waals surface area contributed by atoms with Gasteiger partial charge >= 0.3 is 0 Å². The van der Waals surface area contributed by atoms with Crippen molar-refractivity contribution in [2.75, 3.05) is 33.7 Å². The first kappa shape index (κ1) is 13.9. The van der Waals surface area contributed by atoms with Gasteiger partial charge in [0.15, 0.2) is 5.96 Å². The third-order valence-electron chi connectivity index (χ3n) is 3.63. The van der Waals surface area contributed by atoms with Gasteiger partial charge in [-0.15, -0.1) is 0 Å². The van der Waals surface area contributed by atoms with E-state index < -0.39 is 0 Å². The molecule has 1 aromatic rings. The Balaban J connectivity index is 2.02. The molecule has 1 fully saturated rings. The van der Waals surface area contributed by atoms with E-state index in [2.05, 4.69) is 26.6 Å². The van der Waals surface area contributed by atoms with Gasteiger partial charge in [-0.3, -0.25) is 9.89 Å². The Morgan fingerprint density at radius 2 is 2.21 bits per heavy atom. The van der Waals surface area contributed by atoms with Crippen molar-refractivity contribution in [1.82, 2.24) is 15.5 Å². The maximum Gasteiger partial charge on any atom is 0.190 e. The summed E-state index contributed by atoms with van der Waals surface area (Å²) in [6, 6.07) is 4.29. The lowest BCUT2D eigenvalue weighted by Crippen LogP contribution is -2.43. The van der Waals surface area contributed by atoms with E-state index >= 15 is 0 Å². The minimum Gasteiger partial charge on any atom is -0.468 e. The minimum atomic E-state index is 0.278. The monoisotopic (exact) mass is 264 g/mol. The van der Waals surface area contributed by atoms with Gasteiger partial charge in [0.05, 0.1) is 12.3 Å². The zero-order valence-electron chi connectivity index (χ0n) is 11.9. The molecule has 1 aliphatic rings. The molecule has 5 heteroatoms. The fourth-order valence-corrected chi connectivity index (χ4v) is 2.59. The van der Waals surface area contributed by atoms with Gasteiger partial charge in [-0.25, -0.2) is 0 Å². The summed E-state index contributed by atoms with van der Waals surface area (Å²) in [4.78, 5) is 6.65. The standard InChI is InChI=1S/C14H24N4O/c1-15-14(16-2)17-11-12(13-7-6-10-19-13)18-8-4-3-5-9-18/h6-7,10,12H,3-5,8-9,11H2,1-2H3,(H2,15,16,17)/t12-/m0/s1. The first-order valence-corrected chi connectivity index (χ1v) is 7.01. The highest BCUT2D eigenvalue weighted by Gasteiger charge is 2.24. The average Bonchev–Trinajstić information content (AvgIpc) is 2.99. The second kappa shape index (κ2) is 7.19. The zero-order chi connectivity index (χ0) is 13.5. The van der Waals surface area contributed by atoms with Crippen LogP contribution in [0, 0.1) is 0 Å². The first-order valence-electron chi connectivity index (χ1n) is 7.01. The molecule has 1 saturated heterocycles. The third-order valence-corrected chi connectivity index (χ3v) is 3.63. The van der Waals surface area contributed by atoms with Crippen LogP contribution in [0.15, 0.2) is 27.8 Å². The van der Waals surface area contributed by atoms with Crippen LogP contribution in [0.25, 0.3) is 0 Å². The van der Waals surface area contributed by atoms with Crippen LogP contribution in [-0.4, -0.2) is 44.6 Å². The van der Waals surface area contributed by atoms with Crippen LogP contribution in [0.2, 0.25) is 0 Å². The molecule has 0 unspecified atom stereocenters. The van der Waals surface area contributed by atoms with Crippen molar-refractivity contribution in [3.63, 3.8) is 0 Å². The number of hydrogen-bond acceptors (Lipinski definition) is 3. The smallest absolute Gasteiger partial charge is 0.190 e. The SMILES string of the molecule is CN=C(NC)NC[C@@H](c1ccco1)N1CCCCC1. The summed E-state index contributed by atoms with van der Waals surface area (Å²) >= 11 is 0. The molecular formula is C14H24N4O. The van der Waals surface area contributed by atoms with Crippen LogP contribution in [0.1, 0.15) is 31.1 Å². The number of furan rings is 1. The Bertz CT molecular complexity index is 382. The topological polar surface area (TPSA) is 52.8 Å². The second-order valence-electron chi connectivity index (χ2n) is 4.83. The van der Waals surface area contributed by atoms with E-state index in [1.54, 1.807) is 13.3 Å². The molecule has 1 aliphatic heterocycles. The highest BCUT2D eigenvalue weighted by Crippen LogP contribution is 2.24. The maximum absolute atomic E-state index is 5.61. The number of guanidine groups is 1. The second-order valence-corrected chi connectivity index (χ2v) is 4.83. The summed E-state index contributed by atoms with van der Waals surface area (Å²) in [6.07, 6.45) is 5.64. The van der Waals surface area contributed by atoms with Crippen molar-refractivity contribution >= 4 is 5.96 Å². The molecule has 1 atom stereocenters. The molecule has 1 aromatic heterocycles. The van der Waals surface area contributed by atoms with Gasteiger partial charge in [0, 0.05) is 20.6 Å². The minimum absolute atomic E-state index is 0.278. The summed E-state index contributed by atoms with van der Waals surface area (Å²) < 4.78 is 5.61. The van der Waals surface area contributed by atoms with Crippen molar-refractivity contribution in [2.45, 2.75) is 25.3 Å². The molecule has 2 rings (SSSR count). The molecule has 2 heterocycles. The number of nitrogens with zero attached hydrogens (tertiary/aromatic N) is 2. The molecule has 0 amide bonds. The van der Waals surface area contributed by atoms with E-state index in [1.807, 2.05) is 13.1 Å². The van der Waals surface area contributed by atoms with Gasteiger partial charge in [0.25, 0.3) is 0 Å². The molecule has 0 spiro atoms. The predicted molar refractivity (Wildman–Crippen MR) is 77.3 cm³/mol. The van der Waals surface area contributed by atoms with E-state index in [0.29, 0.717) is 0 Å². The quantitative estimate of drug-likeness (QED) is 0.641.